The Balaban J connectivity index is 1.97. The Labute approximate surface area is 209 Å². The Morgan fingerprint density at radius 1 is 1.23 bits per heavy atom. The molecule has 190 valence electrons. The van der Waals surface area contributed by atoms with Crippen LogP contribution in [-0.4, -0.2) is 92.1 Å². The van der Waals surface area contributed by atoms with Crippen molar-refractivity contribution in [2.75, 3.05) is 47.4 Å². The third-order valence-electron chi connectivity index (χ3n) is 5.99. The topological polar surface area (TPSA) is 86.2 Å². The van der Waals surface area contributed by atoms with Crippen LogP contribution in [0.2, 0.25) is 0 Å². The summed E-state index contributed by atoms with van der Waals surface area (Å²) in [5.74, 6) is 6.37. The first kappa shape index (κ1) is 27.1. The summed E-state index contributed by atoms with van der Waals surface area (Å²) >= 11 is 0. The van der Waals surface area contributed by atoms with Crippen LogP contribution in [-0.2, 0) is 16.6 Å². The van der Waals surface area contributed by atoms with Crippen molar-refractivity contribution in [3.05, 3.63) is 53.9 Å². The second-order valence-electron chi connectivity index (χ2n) is 9.49. The van der Waals surface area contributed by atoms with E-state index in [1.54, 1.807) is 37.5 Å². The van der Waals surface area contributed by atoms with Gasteiger partial charge < -0.3 is 9.84 Å². The second-order valence-corrected chi connectivity index (χ2v) is 11.4. The van der Waals surface area contributed by atoms with Gasteiger partial charge in [-0.3, -0.25) is 14.8 Å². The zero-order valence-electron chi connectivity index (χ0n) is 21.2. The lowest BCUT2D eigenvalue weighted by atomic mass is 10.0. The molecule has 0 saturated heterocycles. The highest BCUT2D eigenvalue weighted by molar-refractivity contribution is 7.89. The standard InChI is InChI=1S/C26H36N4O4S/c1-20-16-30(21(2)19-31)35(32,33)26-9-8-22(7-6-14-28(3)4)15-24(26)34-25(20)18-29(5)17-23-10-12-27-13-11-23/h8-13,15,20-21,25,31H,14,16-19H2,1-5H3/t20-,21+,25+/m1/s1. The van der Waals surface area contributed by atoms with E-state index in [1.165, 1.54) is 4.31 Å². The highest BCUT2D eigenvalue weighted by Gasteiger charge is 2.38. The Kier molecular flexibility index (Phi) is 9.27. The summed E-state index contributed by atoms with van der Waals surface area (Å²) in [5, 5.41) is 9.80. The number of sulfonamides is 1. The van der Waals surface area contributed by atoms with Crippen LogP contribution in [0, 0.1) is 17.8 Å². The number of fused-ring (bicyclic) bond motifs is 1. The van der Waals surface area contributed by atoms with Crippen molar-refractivity contribution >= 4 is 10.0 Å². The lowest BCUT2D eigenvalue weighted by molar-refractivity contribution is 0.0733. The van der Waals surface area contributed by atoms with Gasteiger partial charge in [-0.2, -0.15) is 4.31 Å². The number of ether oxygens (including phenoxy) is 1. The number of pyridine rings is 1. The van der Waals surface area contributed by atoms with Crippen LogP contribution in [0.5, 0.6) is 5.75 Å². The largest absolute Gasteiger partial charge is 0.487 e. The Bertz CT molecular complexity index is 1140. The lowest BCUT2D eigenvalue weighted by Crippen LogP contribution is -2.49. The molecule has 0 amide bonds. The van der Waals surface area contributed by atoms with Gasteiger partial charge >= 0.3 is 0 Å². The summed E-state index contributed by atoms with van der Waals surface area (Å²) in [5.41, 5.74) is 1.83. The molecule has 2 aromatic rings. The van der Waals surface area contributed by atoms with Crippen molar-refractivity contribution < 1.29 is 18.3 Å². The molecule has 1 aromatic heterocycles. The smallest absolute Gasteiger partial charge is 0.247 e. The maximum absolute atomic E-state index is 13.6. The summed E-state index contributed by atoms with van der Waals surface area (Å²) in [4.78, 5) is 8.30. The number of aliphatic hydroxyl groups is 1. The van der Waals surface area contributed by atoms with Crippen molar-refractivity contribution in [1.82, 2.24) is 19.1 Å². The Morgan fingerprint density at radius 3 is 2.60 bits per heavy atom. The van der Waals surface area contributed by atoms with Crippen LogP contribution in [0.1, 0.15) is 25.0 Å². The zero-order valence-corrected chi connectivity index (χ0v) is 22.0. The van der Waals surface area contributed by atoms with E-state index in [2.05, 4.69) is 21.7 Å². The van der Waals surface area contributed by atoms with E-state index < -0.39 is 16.1 Å². The highest BCUT2D eigenvalue weighted by Crippen LogP contribution is 2.34. The van der Waals surface area contributed by atoms with E-state index in [4.69, 9.17) is 4.74 Å². The third-order valence-corrected chi connectivity index (χ3v) is 8.01. The van der Waals surface area contributed by atoms with Gasteiger partial charge in [0.15, 0.2) is 0 Å². The molecular formula is C26H36N4O4S. The van der Waals surface area contributed by atoms with E-state index in [1.807, 2.05) is 45.1 Å². The fourth-order valence-corrected chi connectivity index (χ4v) is 5.82. The number of hydrogen-bond acceptors (Lipinski definition) is 7. The minimum Gasteiger partial charge on any atom is -0.487 e. The normalized spacial score (nSPS) is 20.8. The molecule has 2 heterocycles. The molecule has 1 aromatic carbocycles. The van der Waals surface area contributed by atoms with Crippen LogP contribution >= 0.6 is 0 Å². The van der Waals surface area contributed by atoms with Crippen LogP contribution in [0.4, 0.5) is 0 Å². The van der Waals surface area contributed by atoms with Gasteiger partial charge in [0, 0.05) is 49.6 Å². The van der Waals surface area contributed by atoms with Gasteiger partial charge in [-0.15, -0.1) is 0 Å². The molecule has 0 saturated carbocycles. The molecule has 0 bridgehead atoms. The fourth-order valence-electron chi connectivity index (χ4n) is 3.99. The summed E-state index contributed by atoms with van der Waals surface area (Å²) in [6.45, 7) is 5.61. The number of nitrogens with zero attached hydrogens (tertiary/aromatic N) is 4. The van der Waals surface area contributed by atoms with Gasteiger partial charge in [0.1, 0.15) is 16.7 Å². The van der Waals surface area contributed by atoms with E-state index >= 15 is 0 Å². The van der Waals surface area contributed by atoms with Crippen molar-refractivity contribution in [3.8, 4) is 17.6 Å². The molecule has 3 rings (SSSR count). The molecule has 1 aliphatic heterocycles. The first-order valence-corrected chi connectivity index (χ1v) is 13.2. The molecule has 0 unspecified atom stereocenters. The lowest BCUT2D eigenvalue weighted by Gasteiger charge is -2.37. The fraction of sp³-hybridized carbons (Fsp3) is 0.500. The number of hydrogen-bond donors (Lipinski definition) is 1. The van der Waals surface area contributed by atoms with E-state index in [-0.39, 0.29) is 30.1 Å². The minimum absolute atomic E-state index is 0.102. The molecule has 1 aliphatic rings. The van der Waals surface area contributed by atoms with Crippen molar-refractivity contribution in [3.63, 3.8) is 0 Å². The number of aromatic nitrogens is 1. The van der Waals surface area contributed by atoms with E-state index in [9.17, 15) is 13.5 Å². The zero-order chi connectivity index (χ0) is 25.6. The molecule has 9 heteroatoms. The van der Waals surface area contributed by atoms with Crippen LogP contribution in [0.25, 0.3) is 0 Å². The molecule has 1 N–H and O–H groups in total. The number of aliphatic hydroxyl groups excluding tert-OH is 1. The molecule has 0 radical (unpaired) electrons. The molecule has 35 heavy (non-hydrogen) atoms. The van der Waals surface area contributed by atoms with Gasteiger partial charge in [0.05, 0.1) is 13.2 Å². The van der Waals surface area contributed by atoms with Gasteiger partial charge in [0.25, 0.3) is 0 Å². The maximum Gasteiger partial charge on any atom is 0.247 e. The second kappa shape index (κ2) is 12.0. The van der Waals surface area contributed by atoms with Crippen LogP contribution in [0.15, 0.2) is 47.6 Å². The van der Waals surface area contributed by atoms with Gasteiger partial charge in [0.2, 0.25) is 10.0 Å². The SMILES string of the molecule is C[C@@H]1CN([C@@H](C)CO)S(=O)(=O)c2ccc(C#CCN(C)C)cc2O[C@H]1CN(C)Cc1ccncc1. The number of benzene rings is 1. The Morgan fingerprint density at radius 2 is 1.94 bits per heavy atom. The van der Waals surface area contributed by atoms with Gasteiger partial charge in [-0.1, -0.05) is 18.8 Å². The summed E-state index contributed by atoms with van der Waals surface area (Å²) < 4.78 is 35.0. The molecule has 0 fully saturated rings. The van der Waals surface area contributed by atoms with Gasteiger partial charge in [-0.05, 0) is 64.0 Å². The molecule has 0 spiro atoms. The quantitative estimate of drug-likeness (QED) is 0.581. The first-order valence-electron chi connectivity index (χ1n) is 11.8. The molecular weight excluding hydrogens is 464 g/mol. The maximum atomic E-state index is 13.6. The van der Waals surface area contributed by atoms with Crippen molar-refractivity contribution in [1.29, 1.82) is 0 Å². The monoisotopic (exact) mass is 500 g/mol. The molecule has 8 nitrogen and oxygen atoms in total. The minimum atomic E-state index is -3.87. The first-order chi connectivity index (χ1) is 16.6. The average Bonchev–Trinajstić information content (AvgIpc) is 2.81. The number of likely N-dealkylation sites (N-methyl/N-ethyl adjacent to an activating group) is 1. The van der Waals surface area contributed by atoms with Crippen molar-refractivity contribution in [2.45, 2.75) is 37.4 Å². The highest BCUT2D eigenvalue weighted by atomic mass is 32.2. The predicted molar refractivity (Wildman–Crippen MR) is 136 cm³/mol. The summed E-state index contributed by atoms with van der Waals surface area (Å²) in [7, 11) is 2.03. The van der Waals surface area contributed by atoms with Crippen LogP contribution < -0.4 is 4.74 Å². The third kappa shape index (κ3) is 7.03. The van der Waals surface area contributed by atoms with E-state index in [0.29, 0.717) is 30.9 Å². The predicted octanol–water partition coefficient (Wildman–Crippen LogP) is 1.90. The molecule has 3 atom stereocenters. The number of rotatable bonds is 7. The van der Waals surface area contributed by atoms with Crippen LogP contribution in [0.3, 0.4) is 0 Å². The summed E-state index contributed by atoms with van der Waals surface area (Å²) in [6, 6.07) is 8.39. The average molecular weight is 501 g/mol. The van der Waals surface area contributed by atoms with Crippen molar-refractivity contribution in [2.24, 2.45) is 5.92 Å². The van der Waals surface area contributed by atoms with E-state index in [0.717, 1.165) is 5.56 Å². The summed E-state index contributed by atoms with van der Waals surface area (Å²) in [6.07, 6.45) is 3.27. The molecule has 0 aliphatic carbocycles. The van der Waals surface area contributed by atoms with Gasteiger partial charge in [-0.25, -0.2) is 8.42 Å². The Hall–Kier alpha value is -2.48.